The van der Waals surface area contributed by atoms with E-state index in [0.29, 0.717) is 6.54 Å². The van der Waals surface area contributed by atoms with E-state index >= 15 is 0 Å². The van der Waals surface area contributed by atoms with Crippen molar-refractivity contribution < 1.29 is 5.11 Å². The third-order valence-electron chi connectivity index (χ3n) is 3.08. The van der Waals surface area contributed by atoms with E-state index in [9.17, 15) is 5.11 Å². The fourth-order valence-electron chi connectivity index (χ4n) is 2.36. The van der Waals surface area contributed by atoms with Gasteiger partial charge < -0.3 is 5.11 Å². The van der Waals surface area contributed by atoms with E-state index in [1.165, 1.54) is 25.7 Å². The molecule has 1 fully saturated rings. The normalized spacial score (nSPS) is 19.6. The second-order valence-corrected chi connectivity index (χ2v) is 5.34. The Kier molecular flexibility index (Phi) is 3.81. The molecule has 0 aromatic carbocycles. The molecule has 0 amide bonds. The molecule has 1 saturated carbocycles. The highest BCUT2D eigenvalue weighted by Crippen LogP contribution is 2.28. The molecule has 1 atom stereocenters. The zero-order valence-corrected chi connectivity index (χ0v) is 10.4. The Hall–Kier alpha value is -0.350. The van der Waals surface area contributed by atoms with E-state index in [1.54, 1.807) is 10.9 Å². The first-order valence-electron chi connectivity index (χ1n) is 5.60. The summed E-state index contributed by atoms with van der Waals surface area (Å²) >= 11 is 3.35. The number of rotatable bonds is 4. The minimum absolute atomic E-state index is 0.250. The van der Waals surface area contributed by atoms with Crippen molar-refractivity contribution in [1.82, 2.24) is 9.78 Å². The zero-order valence-electron chi connectivity index (χ0n) is 8.77. The first kappa shape index (κ1) is 11.1. The van der Waals surface area contributed by atoms with Crippen LogP contribution in [0.15, 0.2) is 16.9 Å². The molecule has 1 aliphatic rings. The molecule has 3 nitrogen and oxygen atoms in total. The maximum atomic E-state index is 9.90. The number of aliphatic hydroxyl groups excluding tert-OH is 1. The Morgan fingerprint density at radius 3 is 2.87 bits per heavy atom. The lowest BCUT2D eigenvalue weighted by atomic mass is 10.0. The van der Waals surface area contributed by atoms with Crippen LogP contribution in [0, 0.1) is 5.92 Å². The number of aliphatic hydroxyl groups is 1. The third kappa shape index (κ3) is 3.31. The molecule has 1 aromatic heterocycles. The Morgan fingerprint density at radius 1 is 1.53 bits per heavy atom. The van der Waals surface area contributed by atoms with Crippen molar-refractivity contribution >= 4 is 15.9 Å². The summed E-state index contributed by atoms with van der Waals surface area (Å²) in [6, 6.07) is 0. The van der Waals surface area contributed by atoms with Gasteiger partial charge >= 0.3 is 0 Å². The van der Waals surface area contributed by atoms with Gasteiger partial charge in [-0.3, -0.25) is 4.68 Å². The van der Waals surface area contributed by atoms with Gasteiger partial charge in [-0.05, 0) is 28.3 Å². The van der Waals surface area contributed by atoms with Crippen LogP contribution in [-0.4, -0.2) is 21.0 Å². The lowest BCUT2D eigenvalue weighted by Gasteiger charge is -2.15. The second-order valence-electron chi connectivity index (χ2n) is 4.42. The van der Waals surface area contributed by atoms with Crippen molar-refractivity contribution in [2.75, 3.05) is 0 Å². The number of hydrogen-bond donors (Lipinski definition) is 1. The first-order valence-corrected chi connectivity index (χ1v) is 6.39. The summed E-state index contributed by atoms with van der Waals surface area (Å²) in [6.07, 6.45) is 9.59. The molecule has 4 heteroatoms. The van der Waals surface area contributed by atoms with Crippen molar-refractivity contribution in [1.29, 1.82) is 0 Å². The van der Waals surface area contributed by atoms with Crippen molar-refractivity contribution in [2.24, 2.45) is 5.92 Å². The molecule has 1 N–H and O–H groups in total. The standard InChI is InChI=1S/C11H17BrN2O/c12-10-6-13-14(7-10)8-11(15)5-9-3-1-2-4-9/h6-7,9,11,15H,1-5,8H2. The molecule has 0 aliphatic heterocycles. The van der Waals surface area contributed by atoms with Crippen LogP contribution in [0.4, 0.5) is 0 Å². The lowest BCUT2D eigenvalue weighted by molar-refractivity contribution is 0.120. The van der Waals surface area contributed by atoms with E-state index in [0.717, 1.165) is 16.8 Å². The van der Waals surface area contributed by atoms with Crippen LogP contribution in [0.2, 0.25) is 0 Å². The van der Waals surface area contributed by atoms with Gasteiger partial charge in [0.25, 0.3) is 0 Å². The predicted octanol–water partition coefficient (Wildman–Crippen LogP) is 2.59. The molecule has 2 rings (SSSR count). The summed E-state index contributed by atoms with van der Waals surface area (Å²) in [4.78, 5) is 0. The van der Waals surface area contributed by atoms with Crippen LogP contribution >= 0.6 is 15.9 Å². The summed E-state index contributed by atoms with van der Waals surface area (Å²) < 4.78 is 2.76. The van der Waals surface area contributed by atoms with Gasteiger partial charge in [0.1, 0.15) is 0 Å². The predicted molar refractivity (Wildman–Crippen MR) is 62.5 cm³/mol. The monoisotopic (exact) mass is 272 g/mol. The Labute approximate surface area is 98.6 Å². The van der Waals surface area contributed by atoms with Crippen LogP contribution in [0.3, 0.4) is 0 Å². The van der Waals surface area contributed by atoms with Gasteiger partial charge in [0.2, 0.25) is 0 Å². The summed E-state index contributed by atoms with van der Waals surface area (Å²) in [6.45, 7) is 0.613. The average Bonchev–Trinajstić information content (AvgIpc) is 2.77. The molecule has 0 saturated heterocycles. The van der Waals surface area contributed by atoms with Gasteiger partial charge in [-0.15, -0.1) is 0 Å². The van der Waals surface area contributed by atoms with Crippen molar-refractivity contribution in [3.05, 3.63) is 16.9 Å². The van der Waals surface area contributed by atoms with Crippen LogP contribution in [0.25, 0.3) is 0 Å². The van der Waals surface area contributed by atoms with Crippen LogP contribution in [-0.2, 0) is 6.54 Å². The largest absolute Gasteiger partial charge is 0.391 e. The van der Waals surface area contributed by atoms with Crippen molar-refractivity contribution in [2.45, 2.75) is 44.8 Å². The molecule has 1 aliphatic carbocycles. The summed E-state index contributed by atoms with van der Waals surface area (Å²) in [5.74, 6) is 0.735. The number of aromatic nitrogens is 2. The Morgan fingerprint density at radius 2 is 2.27 bits per heavy atom. The average molecular weight is 273 g/mol. The number of nitrogens with zero attached hydrogens (tertiary/aromatic N) is 2. The fourth-order valence-corrected chi connectivity index (χ4v) is 2.69. The number of hydrogen-bond acceptors (Lipinski definition) is 2. The third-order valence-corrected chi connectivity index (χ3v) is 3.49. The van der Waals surface area contributed by atoms with Gasteiger partial charge in [-0.2, -0.15) is 5.10 Å². The highest BCUT2D eigenvalue weighted by atomic mass is 79.9. The summed E-state index contributed by atoms with van der Waals surface area (Å²) in [5.41, 5.74) is 0. The minimum Gasteiger partial charge on any atom is -0.391 e. The number of halogens is 1. The molecule has 0 radical (unpaired) electrons. The van der Waals surface area contributed by atoms with Gasteiger partial charge in [0.05, 0.1) is 23.3 Å². The highest BCUT2D eigenvalue weighted by Gasteiger charge is 2.19. The van der Waals surface area contributed by atoms with Gasteiger partial charge in [0, 0.05) is 6.20 Å². The summed E-state index contributed by atoms with van der Waals surface area (Å²) in [5, 5.41) is 14.0. The van der Waals surface area contributed by atoms with Gasteiger partial charge in [0.15, 0.2) is 0 Å². The maximum absolute atomic E-state index is 9.90. The molecule has 0 bridgehead atoms. The summed E-state index contributed by atoms with van der Waals surface area (Å²) in [7, 11) is 0. The minimum atomic E-state index is -0.250. The smallest absolute Gasteiger partial charge is 0.0738 e. The van der Waals surface area contributed by atoms with Crippen LogP contribution < -0.4 is 0 Å². The first-order chi connectivity index (χ1) is 7.24. The van der Waals surface area contributed by atoms with Gasteiger partial charge in [-0.1, -0.05) is 25.7 Å². The molecule has 0 spiro atoms. The molecule has 1 unspecified atom stereocenters. The quantitative estimate of drug-likeness (QED) is 0.915. The van der Waals surface area contributed by atoms with E-state index in [-0.39, 0.29) is 6.10 Å². The molecular formula is C11H17BrN2O. The maximum Gasteiger partial charge on any atom is 0.0738 e. The SMILES string of the molecule is OC(CC1CCCC1)Cn1cc(Br)cn1. The van der Waals surface area contributed by atoms with Crippen molar-refractivity contribution in [3.8, 4) is 0 Å². The molecule has 1 aromatic rings. The topological polar surface area (TPSA) is 38.0 Å². The van der Waals surface area contributed by atoms with E-state index in [4.69, 9.17) is 0 Å². The lowest BCUT2D eigenvalue weighted by Crippen LogP contribution is -2.19. The van der Waals surface area contributed by atoms with Crippen LogP contribution in [0.1, 0.15) is 32.1 Å². The highest BCUT2D eigenvalue weighted by molar-refractivity contribution is 9.10. The molecular weight excluding hydrogens is 256 g/mol. The Bertz CT molecular complexity index is 307. The Balaban J connectivity index is 1.78. The second kappa shape index (κ2) is 5.12. The van der Waals surface area contributed by atoms with Gasteiger partial charge in [-0.25, -0.2) is 0 Å². The van der Waals surface area contributed by atoms with E-state index in [1.807, 2.05) is 6.20 Å². The molecule has 15 heavy (non-hydrogen) atoms. The van der Waals surface area contributed by atoms with E-state index < -0.39 is 0 Å². The molecule has 1 heterocycles. The fraction of sp³-hybridized carbons (Fsp3) is 0.727. The van der Waals surface area contributed by atoms with Crippen molar-refractivity contribution in [3.63, 3.8) is 0 Å². The zero-order chi connectivity index (χ0) is 10.7. The molecule has 84 valence electrons. The van der Waals surface area contributed by atoms with Crippen LogP contribution in [0.5, 0.6) is 0 Å². The van der Waals surface area contributed by atoms with E-state index in [2.05, 4.69) is 21.0 Å².